The fraction of sp³-hybridized carbons (Fsp3) is 0.462. The lowest BCUT2D eigenvalue weighted by atomic mass is 10.1. The molecule has 1 aromatic rings. The largest absolute Gasteiger partial charge is 0.497 e. The molecule has 1 unspecified atom stereocenters. The van der Waals surface area contributed by atoms with Crippen LogP contribution in [0.3, 0.4) is 0 Å². The number of hydrogen-bond acceptors (Lipinski definition) is 3. The van der Waals surface area contributed by atoms with Crippen molar-refractivity contribution in [2.24, 2.45) is 0 Å². The monoisotopic (exact) mass is 250 g/mol. The van der Waals surface area contributed by atoms with Crippen LogP contribution < -0.4 is 9.47 Å². The van der Waals surface area contributed by atoms with E-state index in [-0.39, 0.29) is 12.1 Å². The number of carbonyl (C=O) groups excluding carboxylic acids is 1. The van der Waals surface area contributed by atoms with Crippen LogP contribution in [0.2, 0.25) is 0 Å². The van der Waals surface area contributed by atoms with Gasteiger partial charge in [0, 0.05) is 32.3 Å². The Morgan fingerprint density at radius 3 is 2.44 bits per heavy atom. The maximum Gasteiger partial charge on any atom is 0.320 e. The Labute approximate surface area is 107 Å². The zero-order chi connectivity index (χ0) is 13.3. The summed E-state index contributed by atoms with van der Waals surface area (Å²) in [5, 5.41) is 0. The molecule has 0 bridgehead atoms. The fourth-order valence-corrected chi connectivity index (χ4v) is 2.26. The molecule has 98 valence electrons. The number of hydrogen-bond donors (Lipinski definition) is 0. The first-order valence-corrected chi connectivity index (χ1v) is 5.78. The highest BCUT2D eigenvalue weighted by Gasteiger charge is 2.34. The fourth-order valence-electron chi connectivity index (χ4n) is 2.26. The molecule has 1 aliphatic rings. The van der Waals surface area contributed by atoms with E-state index >= 15 is 0 Å². The first-order valence-electron chi connectivity index (χ1n) is 5.78. The van der Waals surface area contributed by atoms with E-state index in [9.17, 15) is 4.79 Å². The van der Waals surface area contributed by atoms with Gasteiger partial charge >= 0.3 is 6.03 Å². The minimum atomic E-state index is 0.0170. The van der Waals surface area contributed by atoms with Crippen molar-refractivity contribution in [1.82, 2.24) is 9.80 Å². The SMILES string of the molecule is COc1ccc(C2CN(C)C(=O)N2C)c(OC)c1. The predicted molar refractivity (Wildman–Crippen MR) is 68.1 cm³/mol. The molecule has 0 saturated carbocycles. The second-order valence-corrected chi connectivity index (χ2v) is 4.40. The summed E-state index contributed by atoms with van der Waals surface area (Å²) in [7, 11) is 6.85. The quantitative estimate of drug-likeness (QED) is 0.820. The van der Waals surface area contributed by atoms with Crippen molar-refractivity contribution in [3.63, 3.8) is 0 Å². The molecule has 0 aromatic heterocycles. The summed E-state index contributed by atoms with van der Waals surface area (Å²) in [6, 6.07) is 5.72. The summed E-state index contributed by atoms with van der Waals surface area (Å²) in [6.07, 6.45) is 0. The van der Waals surface area contributed by atoms with Crippen LogP contribution in [0.5, 0.6) is 11.5 Å². The number of likely N-dealkylation sites (N-methyl/N-ethyl adjacent to an activating group) is 2. The van der Waals surface area contributed by atoms with Crippen molar-refractivity contribution in [1.29, 1.82) is 0 Å². The highest BCUT2D eigenvalue weighted by molar-refractivity contribution is 5.77. The van der Waals surface area contributed by atoms with Crippen molar-refractivity contribution in [3.8, 4) is 11.5 Å². The lowest BCUT2D eigenvalue weighted by Crippen LogP contribution is -2.26. The smallest absolute Gasteiger partial charge is 0.320 e. The van der Waals surface area contributed by atoms with Crippen molar-refractivity contribution in [2.45, 2.75) is 6.04 Å². The molecule has 1 aliphatic heterocycles. The van der Waals surface area contributed by atoms with E-state index in [0.29, 0.717) is 6.54 Å². The second-order valence-electron chi connectivity index (χ2n) is 4.40. The van der Waals surface area contributed by atoms with Gasteiger partial charge in [-0.1, -0.05) is 0 Å². The zero-order valence-electron chi connectivity index (χ0n) is 11.1. The van der Waals surface area contributed by atoms with Crippen molar-refractivity contribution < 1.29 is 14.3 Å². The Morgan fingerprint density at radius 1 is 1.22 bits per heavy atom. The Balaban J connectivity index is 2.36. The molecule has 0 spiro atoms. The Kier molecular flexibility index (Phi) is 3.32. The number of methoxy groups -OCH3 is 2. The zero-order valence-corrected chi connectivity index (χ0v) is 11.1. The topological polar surface area (TPSA) is 42.0 Å². The minimum Gasteiger partial charge on any atom is -0.497 e. The molecule has 2 amide bonds. The molecule has 0 radical (unpaired) electrons. The maximum atomic E-state index is 11.8. The number of rotatable bonds is 3. The van der Waals surface area contributed by atoms with Crippen LogP contribution in [0.1, 0.15) is 11.6 Å². The van der Waals surface area contributed by atoms with Gasteiger partial charge in [-0.3, -0.25) is 0 Å². The lowest BCUT2D eigenvalue weighted by molar-refractivity contribution is 0.201. The van der Waals surface area contributed by atoms with Gasteiger partial charge in [0.15, 0.2) is 0 Å². The third-order valence-corrected chi connectivity index (χ3v) is 3.34. The summed E-state index contributed by atoms with van der Waals surface area (Å²) < 4.78 is 10.6. The van der Waals surface area contributed by atoms with Gasteiger partial charge in [-0.15, -0.1) is 0 Å². The van der Waals surface area contributed by atoms with Crippen molar-refractivity contribution in [3.05, 3.63) is 23.8 Å². The van der Waals surface area contributed by atoms with E-state index in [1.54, 1.807) is 38.1 Å². The molecular formula is C13H18N2O3. The molecule has 0 aliphatic carbocycles. The Morgan fingerprint density at radius 2 is 1.94 bits per heavy atom. The van der Waals surface area contributed by atoms with E-state index in [0.717, 1.165) is 17.1 Å². The molecular weight excluding hydrogens is 232 g/mol. The van der Waals surface area contributed by atoms with E-state index in [4.69, 9.17) is 9.47 Å². The van der Waals surface area contributed by atoms with Gasteiger partial charge in [-0.25, -0.2) is 4.79 Å². The van der Waals surface area contributed by atoms with Gasteiger partial charge in [0.1, 0.15) is 11.5 Å². The number of carbonyl (C=O) groups is 1. The number of benzene rings is 1. The minimum absolute atomic E-state index is 0.0170. The molecule has 1 aromatic carbocycles. The molecule has 0 N–H and O–H groups in total. The third-order valence-electron chi connectivity index (χ3n) is 3.34. The van der Waals surface area contributed by atoms with Crippen LogP contribution >= 0.6 is 0 Å². The average Bonchev–Trinajstić information content (AvgIpc) is 2.65. The number of amides is 2. The van der Waals surface area contributed by atoms with Gasteiger partial charge in [-0.05, 0) is 12.1 Å². The van der Waals surface area contributed by atoms with Crippen LogP contribution in [0.25, 0.3) is 0 Å². The third kappa shape index (κ3) is 1.96. The highest BCUT2D eigenvalue weighted by atomic mass is 16.5. The van der Waals surface area contributed by atoms with Crippen molar-refractivity contribution in [2.75, 3.05) is 34.9 Å². The molecule has 5 nitrogen and oxygen atoms in total. The molecule has 1 atom stereocenters. The summed E-state index contributed by atoms with van der Waals surface area (Å²) >= 11 is 0. The van der Waals surface area contributed by atoms with Crippen LogP contribution in [0.15, 0.2) is 18.2 Å². The first kappa shape index (κ1) is 12.5. The molecule has 2 rings (SSSR count). The van der Waals surface area contributed by atoms with E-state index in [2.05, 4.69) is 0 Å². The standard InChI is InChI=1S/C13H18N2O3/c1-14-8-11(15(2)13(14)16)10-6-5-9(17-3)7-12(10)18-4/h5-7,11H,8H2,1-4H3. The van der Waals surface area contributed by atoms with Gasteiger partial charge in [0.2, 0.25) is 0 Å². The Hall–Kier alpha value is -1.91. The van der Waals surface area contributed by atoms with E-state index < -0.39 is 0 Å². The highest BCUT2D eigenvalue weighted by Crippen LogP contribution is 2.35. The molecule has 5 heteroatoms. The summed E-state index contributed by atoms with van der Waals surface area (Å²) in [6.45, 7) is 0.665. The van der Waals surface area contributed by atoms with Crippen LogP contribution in [-0.2, 0) is 0 Å². The summed E-state index contributed by atoms with van der Waals surface area (Å²) in [5.41, 5.74) is 0.999. The number of urea groups is 1. The lowest BCUT2D eigenvalue weighted by Gasteiger charge is -2.20. The van der Waals surface area contributed by atoms with Crippen molar-refractivity contribution >= 4 is 6.03 Å². The molecule has 1 saturated heterocycles. The summed E-state index contributed by atoms with van der Waals surface area (Å²) in [5.74, 6) is 1.49. The van der Waals surface area contributed by atoms with Gasteiger partial charge < -0.3 is 19.3 Å². The van der Waals surface area contributed by atoms with Crippen LogP contribution in [0.4, 0.5) is 4.79 Å². The summed E-state index contributed by atoms with van der Waals surface area (Å²) in [4.78, 5) is 15.2. The van der Waals surface area contributed by atoms with E-state index in [1.807, 2.05) is 18.2 Å². The molecule has 1 fully saturated rings. The van der Waals surface area contributed by atoms with Gasteiger partial charge in [0.25, 0.3) is 0 Å². The second kappa shape index (κ2) is 4.76. The maximum absolute atomic E-state index is 11.8. The van der Waals surface area contributed by atoms with Crippen LogP contribution in [0, 0.1) is 0 Å². The number of nitrogens with zero attached hydrogens (tertiary/aromatic N) is 2. The van der Waals surface area contributed by atoms with E-state index in [1.165, 1.54) is 0 Å². The Bertz CT molecular complexity index is 462. The van der Waals surface area contributed by atoms with Crippen LogP contribution in [-0.4, -0.2) is 50.7 Å². The predicted octanol–water partition coefficient (Wildman–Crippen LogP) is 1.74. The molecule has 1 heterocycles. The first-order chi connectivity index (χ1) is 8.58. The van der Waals surface area contributed by atoms with Gasteiger partial charge in [-0.2, -0.15) is 0 Å². The van der Waals surface area contributed by atoms with Gasteiger partial charge in [0.05, 0.1) is 20.3 Å². The average molecular weight is 250 g/mol. The normalized spacial score (nSPS) is 19.3. The molecule has 18 heavy (non-hydrogen) atoms. The number of ether oxygens (including phenoxy) is 2.